The second-order valence-electron chi connectivity index (χ2n) is 6.97. The van der Waals surface area contributed by atoms with Crippen LogP contribution in [-0.4, -0.2) is 59.6 Å². The first-order valence-corrected chi connectivity index (χ1v) is 10.1. The van der Waals surface area contributed by atoms with Gasteiger partial charge in [-0.3, -0.25) is 0 Å². The van der Waals surface area contributed by atoms with Gasteiger partial charge in [0.15, 0.2) is 0 Å². The quantitative estimate of drug-likeness (QED) is 0.310. The van der Waals surface area contributed by atoms with E-state index in [-0.39, 0.29) is 6.61 Å². The van der Waals surface area contributed by atoms with Crippen molar-refractivity contribution in [3.8, 4) is 0 Å². The monoisotopic (exact) mass is 358 g/mol. The third-order valence-electron chi connectivity index (χ3n) is 4.71. The summed E-state index contributed by atoms with van der Waals surface area (Å²) in [6, 6.07) is 0. The summed E-state index contributed by atoms with van der Waals surface area (Å²) in [6.45, 7) is 2.47. The summed E-state index contributed by atoms with van der Waals surface area (Å²) in [7, 11) is 0. The zero-order valence-corrected chi connectivity index (χ0v) is 15.8. The maximum atomic E-state index is 9.83. The molecule has 5 heteroatoms. The maximum Gasteiger partial charge on any atom is 0.114 e. The molecule has 0 aromatic rings. The Labute approximate surface area is 153 Å². The van der Waals surface area contributed by atoms with Crippen molar-refractivity contribution in [2.75, 3.05) is 19.8 Å². The summed E-state index contributed by atoms with van der Waals surface area (Å²) >= 11 is 0. The fourth-order valence-corrected chi connectivity index (χ4v) is 3.16. The zero-order valence-electron chi connectivity index (χ0n) is 15.8. The Hall–Kier alpha value is -0.460. The molecule has 0 radical (unpaired) electrons. The van der Waals surface area contributed by atoms with Crippen molar-refractivity contribution in [3.05, 3.63) is 12.2 Å². The Bertz CT molecular complexity index is 334. The largest absolute Gasteiger partial charge is 0.394 e. The Kier molecular flexibility index (Phi) is 13.3. The fourth-order valence-electron chi connectivity index (χ4n) is 3.16. The van der Waals surface area contributed by atoms with Gasteiger partial charge in [0.05, 0.1) is 19.8 Å². The highest BCUT2D eigenvalue weighted by Gasteiger charge is 2.40. The van der Waals surface area contributed by atoms with Gasteiger partial charge in [0.2, 0.25) is 0 Å². The summed E-state index contributed by atoms with van der Waals surface area (Å²) in [5, 5.41) is 28.5. The molecule has 1 fully saturated rings. The standard InChI is InChI=1S/C20H38O5/c1-2-3-4-5-6-7-8-9-10-11-12-13-14-24-20-18(23)16-25-19(20)17(22)15-21/h11-12,17-23H,2-10,13-16H2,1H3/b12-11+/t17-,18+,19+,20+/m0/s1. The molecule has 148 valence electrons. The van der Waals surface area contributed by atoms with Crippen molar-refractivity contribution in [3.63, 3.8) is 0 Å². The van der Waals surface area contributed by atoms with Gasteiger partial charge in [0.25, 0.3) is 0 Å². The molecule has 25 heavy (non-hydrogen) atoms. The van der Waals surface area contributed by atoms with Gasteiger partial charge in [-0.25, -0.2) is 0 Å². The van der Waals surface area contributed by atoms with E-state index in [1.54, 1.807) is 0 Å². The lowest BCUT2D eigenvalue weighted by atomic mass is 10.1. The van der Waals surface area contributed by atoms with Crippen LogP contribution < -0.4 is 0 Å². The van der Waals surface area contributed by atoms with E-state index in [0.717, 1.165) is 12.8 Å². The molecule has 0 amide bonds. The summed E-state index contributed by atoms with van der Waals surface area (Å²) < 4.78 is 10.9. The molecule has 3 N–H and O–H groups in total. The van der Waals surface area contributed by atoms with Crippen molar-refractivity contribution >= 4 is 0 Å². The van der Waals surface area contributed by atoms with Crippen LogP contribution in [0.2, 0.25) is 0 Å². The topological polar surface area (TPSA) is 79.2 Å². The van der Waals surface area contributed by atoms with Crippen LogP contribution >= 0.6 is 0 Å². The first-order valence-electron chi connectivity index (χ1n) is 10.1. The van der Waals surface area contributed by atoms with E-state index in [9.17, 15) is 10.2 Å². The Morgan fingerprint density at radius 1 is 1.04 bits per heavy atom. The molecule has 1 aliphatic rings. The van der Waals surface area contributed by atoms with E-state index in [4.69, 9.17) is 14.6 Å². The highest BCUT2D eigenvalue weighted by atomic mass is 16.6. The minimum Gasteiger partial charge on any atom is -0.394 e. The van der Waals surface area contributed by atoms with Gasteiger partial charge in [0.1, 0.15) is 24.4 Å². The molecule has 0 spiro atoms. The minimum absolute atomic E-state index is 0.140. The van der Waals surface area contributed by atoms with Crippen LogP contribution in [0.5, 0.6) is 0 Å². The van der Waals surface area contributed by atoms with Crippen molar-refractivity contribution in [2.24, 2.45) is 0 Å². The lowest BCUT2D eigenvalue weighted by Crippen LogP contribution is -2.42. The molecule has 4 atom stereocenters. The van der Waals surface area contributed by atoms with E-state index >= 15 is 0 Å². The number of rotatable bonds is 15. The van der Waals surface area contributed by atoms with E-state index in [0.29, 0.717) is 6.61 Å². The normalized spacial score (nSPS) is 25.0. The summed E-state index contributed by atoms with van der Waals surface area (Å²) in [6.07, 6.45) is 13.9. The van der Waals surface area contributed by atoms with Gasteiger partial charge in [-0.1, -0.05) is 64.0 Å². The zero-order chi connectivity index (χ0) is 18.3. The third kappa shape index (κ3) is 9.71. The highest BCUT2D eigenvalue weighted by Crippen LogP contribution is 2.21. The van der Waals surface area contributed by atoms with Gasteiger partial charge in [-0.05, 0) is 19.3 Å². The molecule has 1 heterocycles. The Morgan fingerprint density at radius 3 is 2.36 bits per heavy atom. The number of aliphatic hydroxyl groups is 3. The average Bonchev–Trinajstić information content (AvgIpc) is 2.99. The molecule has 0 bridgehead atoms. The van der Waals surface area contributed by atoms with E-state index in [1.807, 2.05) is 0 Å². The van der Waals surface area contributed by atoms with Gasteiger partial charge in [-0.2, -0.15) is 0 Å². The number of ether oxygens (including phenoxy) is 2. The molecule has 1 aliphatic heterocycles. The van der Waals surface area contributed by atoms with E-state index < -0.39 is 31.0 Å². The molecule has 0 aromatic heterocycles. The van der Waals surface area contributed by atoms with E-state index in [2.05, 4.69) is 19.1 Å². The number of hydrogen-bond donors (Lipinski definition) is 3. The number of hydrogen-bond acceptors (Lipinski definition) is 5. The fraction of sp³-hybridized carbons (Fsp3) is 0.900. The van der Waals surface area contributed by atoms with Gasteiger partial charge >= 0.3 is 0 Å². The maximum absolute atomic E-state index is 9.83. The number of unbranched alkanes of at least 4 members (excludes halogenated alkanes) is 8. The number of aliphatic hydroxyl groups excluding tert-OH is 3. The first kappa shape index (κ1) is 22.6. The lowest BCUT2D eigenvalue weighted by Gasteiger charge is -2.23. The first-order chi connectivity index (χ1) is 12.2. The molecular formula is C20H38O5. The molecule has 0 unspecified atom stereocenters. The van der Waals surface area contributed by atoms with Crippen molar-refractivity contribution in [2.45, 2.75) is 95.5 Å². The van der Waals surface area contributed by atoms with E-state index in [1.165, 1.54) is 51.4 Å². The minimum atomic E-state index is -1.01. The summed E-state index contributed by atoms with van der Waals surface area (Å²) in [5.41, 5.74) is 0. The summed E-state index contributed by atoms with van der Waals surface area (Å²) in [5.74, 6) is 0. The lowest BCUT2D eigenvalue weighted by molar-refractivity contribution is -0.0924. The molecule has 1 rings (SSSR count). The van der Waals surface area contributed by atoms with Gasteiger partial charge in [0, 0.05) is 0 Å². The van der Waals surface area contributed by atoms with Crippen LogP contribution in [0.15, 0.2) is 12.2 Å². The van der Waals surface area contributed by atoms with Crippen LogP contribution in [0.1, 0.15) is 71.1 Å². The SMILES string of the molecule is CCCCCCCCCC/C=C/CCO[C@H]1[C@@H]([C@@H](O)CO)OC[C@H]1O. The van der Waals surface area contributed by atoms with Crippen LogP contribution in [0.25, 0.3) is 0 Å². The van der Waals surface area contributed by atoms with Crippen LogP contribution in [0.3, 0.4) is 0 Å². The van der Waals surface area contributed by atoms with Crippen LogP contribution in [0.4, 0.5) is 0 Å². The highest BCUT2D eigenvalue weighted by molar-refractivity contribution is 4.89. The molecular weight excluding hydrogens is 320 g/mol. The Balaban J connectivity index is 1.99. The smallest absolute Gasteiger partial charge is 0.114 e. The second-order valence-corrected chi connectivity index (χ2v) is 6.97. The molecule has 0 saturated carbocycles. The van der Waals surface area contributed by atoms with Crippen LogP contribution in [0, 0.1) is 0 Å². The molecule has 0 aromatic carbocycles. The van der Waals surface area contributed by atoms with Crippen molar-refractivity contribution < 1.29 is 24.8 Å². The predicted molar refractivity (Wildman–Crippen MR) is 99.6 cm³/mol. The van der Waals surface area contributed by atoms with Crippen LogP contribution in [-0.2, 0) is 9.47 Å². The molecule has 5 nitrogen and oxygen atoms in total. The van der Waals surface area contributed by atoms with Crippen molar-refractivity contribution in [1.29, 1.82) is 0 Å². The molecule has 0 aliphatic carbocycles. The summed E-state index contributed by atoms with van der Waals surface area (Å²) in [4.78, 5) is 0. The molecule has 1 saturated heterocycles. The third-order valence-corrected chi connectivity index (χ3v) is 4.71. The second kappa shape index (κ2) is 14.7. The van der Waals surface area contributed by atoms with Crippen molar-refractivity contribution in [1.82, 2.24) is 0 Å². The predicted octanol–water partition coefficient (Wildman–Crippen LogP) is 2.96. The average molecular weight is 359 g/mol. The Morgan fingerprint density at radius 2 is 1.68 bits per heavy atom. The van der Waals surface area contributed by atoms with Gasteiger partial charge in [-0.15, -0.1) is 0 Å². The number of allylic oxidation sites excluding steroid dienone is 1. The van der Waals surface area contributed by atoms with Gasteiger partial charge < -0.3 is 24.8 Å².